The predicted octanol–water partition coefficient (Wildman–Crippen LogP) is 2.51. The number of non-ortho nitro benzene ring substituents is 1. The lowest BCUT2D eigenvalue weighted by atomic mass is 10.0. The van der Waals surface area contributed by atoms with Gasteiger partial charge in [0.2, 0.25) is 0 Å². The van der Waals surface area contributed by atoms with Gasteiger partial charge in [-0.15, -0.1) is 0 Å². The first-order chi connectivity index (χ1) is 10.9. The number of halogens is 1. The second-order valence-electron chi connectivity index (χ2n) is 5.00. The fourth-order valence-corrected chi connectivity index (χ4v) is 2.16. The van der Waals surface area contributed by atoms with Crippen molar-refractivity contribution in [2.45, 2.75) is 13.0 Å². The van der Waals surface area contributed by atoms with Gasteiger partial charge in [-0.25, -0.2) is 4.39 Å². The predicted molar refractivity (Wildman–Crippen MR) is 81.5 cm³/mol. The lowest BCUT2D eigenvalue weighted by molar-refractivity contribution is -0.385. The number of hydrogen-bond donors (Lipinski definition) is 2. The van der Waals surface area contributed by atoms with E-state index < -0.39 is 28.4 Å². The molecule has 2 rings (SSSR count). The quantitative estimate of drug-likeness (QED) is 0.654. The van der Waals surface area contributed by atoms with Crippen LogP contribution < -0.4 is 5.32 Å². The average molecular weight is 318 g/mol. The van der Waals surface area contributed by atoms with E-state index in [-0.39, 0.29) is 12.1 Å². The van der Waals surface area contributed by atoms with Crippen LogP contribution in [0.5, 0.6) is 0 Å². The molecule has 0 aromatic heterocycles. The largest absolute Gasteiger partial charge is 0.387 e. The van der Waals surface area contributed by atoms with Crippen LogP contribution in [0.4, 0.5) is 10.1 Å². The second-order valence-corrected chi connectivity index (χ2v) is 5.00. The van der Waals surface area contributed by atoms with Gasteiger partial charge in [0.15, 0.2) is 0 Å². The molecule has 0 saturated heterocycles. The van der Waals surface area contributed by atoms with Crippen molar-refractivity contribution in [1.29, 1.82) is 0 Å². The lowest BCUT2D eigenvalue weighted by Crippen LogP contribution is -2.29. The molecule has 0 spiro atoms. The van der Waals surface area contributed by atoms with Crippen LogP contribution in [0, 0.1) is 22.9 Å². The molecule has 1 unspecified atom stereocenters. The number of carbonyl (C=O) groups is 1. The Morgan fingerprint density at radius 2 is 2.04 bits per heavy atom. The molecule has 23 heavy (non-hydrogen) atoms. The summed E-state index contributed by atoms with van der Waals surface area (Å²) < 4.78 is 13.7. The molecule has 2 aromatic rings. The number of benzene rings is 2. The third kappa shape index (κ3) is 3.89. The highest BCUT2D eigenvalue weighted by Crippen LogP contribution is 2.18. The summed E-state index contributed by atoms with van der Waals surface area (Å²) >= 11 is 0. The van der Waals surface area contributed by atoms with Gasteiger partial charge in [0, 0.05) is 12.6 Å². The van der Waals surface area contributed by atoms with Gasteiger partial charge >= 0.3 is 0 Å². The molecular formula is C16H15FN2O4. The minimum atomic E-state index is -0.984. The number of aliphatic hydroxyl groups excluding tert-OH is 1. The van der Waals surface area contributed by atoms with E-state index in [0.29, 0.717) is 11.6 Å². The smallest absolute Gasteiger partial charge is 0.272 e. The Hall–Kier alpha value is -2.80. The number of aryl methyl sites for hydroxylation is 1. The zero-order valence-electron chi connectivity index (χ0n) is 12.3. The Balaban J connectivity index is 2.05. The van der Waals surface area contributed by atoms with Crippen molar-refractivity contribution in [1.82, 2.24) is 5.32 Å². The number of nitro benzene ring substituents is 1. The van der Waals surface area contributed by atoms with Crippen LogP contribution in [0.1, 0.15) is 27.6 Å². The monoisotopic (exact) mass is 318 g/mol. The molecule has 0 heterocycles. The van der Waals surface area contributed by atoms with E-state index in [1.165, 1.54) is 0 Å². The van der Waals surface area contributed by atoms with E-state index in [0.717, 1.165) is 17.7 Å². The molecule has 0 aliphatic carbocycles. The van der Waals surface area contributed by atoms with Gasteiger partial charge in [-0.05, 0) is 24.1 Å². The van der Waals surface area contributed by atoms with Crippen molar-refractivity contribution in [3.8, 4) is 0 Å². The number of aliphatic hydroxyl groups is 1. The van der Waals surface area contributed by atoms with Gasteiger partial charge in [0.25, 0.3) is 11.6 Å². The van der Waals surface area contributed by atoms with Crippen molar-refractivity contribution in [2.24, 2.45) is 0 Å². The van der Waals surface area contributed by atoms with Crippen LogP contribution in [0.15, 0.2) is 42.5 Å². The second kappa shape index (κ2) is 6.97. The van der Waals surface area contributed by atoms with Crippen LogP contribution >= 0.6 is 0 Å². The van der Waals surface area contributed by atoms with E-state index in [2.05, 4.69) is 5.32 Å². The highest BCUT2D eigenvalue weighted by atomic mass is 19.1. The van der Waals surface area contributed by atoms with Crippen LogP contribution in [0.25, 0.3) is 0 Å². The Bertz CT molecular complexity index is 749. The minimum Gasteiger partial charge on any atom is -0.387 e. The molecule has 2 aromatic carbocycles. The third-order valence-electron chi connectivity index (χ3n) is 3.41. The van der Waals surface area contributed by atoms with Gasteiger partial charge in [-0.1, -0.05) is 24.3 Å². The number of nitrogens with zero attached hydrogens (tertiary/aromatic N) is 1. The summed E-state index contributed by atoms with van der Waals surface area (Å²) in [6.07, 6.45) is -0.929. The number of carbonyl (C=O) groups excluding carboxylic acids is 1. The minimum absolute atomic E-state index is 0.0971. The molecule has 0 aliphatic heterocycles. The Morgan fingerprint density at radius 1 is 1.35 bits per heavy atom. The molecule has 0 bridgehead atoms. The molecule has 0 fully saturated rings. The topological polar surface area (TPSA) is 92.5 Å². The molecule has 120 valence electrons. The standard InChI is InChI=1S/C16H15FN2O4/c1-10-4-2-3-5-12(10)15(20)9-18-16(21)13-7-6-11(19(22)23)8-14(13)17/h2-8,15,20H,9H2,1H3,(H,18,21). The van der Waals surface area contributed by atoms with Gasteiger partial charge in [-0.3, -0.25) is 14.9 Å². The SMILES string of the molecule is Cc1ccccc1C(O)CNC(=O)c1ccc([N+](=O)[O-])cc1F. The molecule has 1 atom stereocenters. The van der Waals surface area contributed by atoms with Gasteiger partial charge in [0.05, 0.1) is 22.7 Å². The van der Waals surface area contributed by atoms with E-state index >= 15 is 0 Å². The van der Waals surface area contributed by atoms with E-state index in [4.69, 9.17) is 0 Å². The lowest BCUT2D eigenvalue weighted by Gasteiger charge is -2.14. The van der Waals surface area contributed by atoms with Crippen molar-refractivity contribution in [3.05, 3.63) is 75.1 Å². The summed E-state index contributed by atoms with van der Waals surface area (Å²) in [5.74, 6) is -1.73. The summed E-state index contributed by atoms with van der Waals surface area (Å²) in [5, 5.41) is 23.0. The first-order valence-corrected chi connectivity index (χ1v) is 6.86. The van der Waals surface area contributed by atoms with Crippen molar-refractivity contribution < 1.29 is 19.2 Å². The van der Waals surface area contributed by atoms with E-state index in [1.54, 1.807) is 12.1 Å². The molecular weight excluding hydrogens is 303 g/mol. The molecule has 0 saturated carbocycles. The first-order valence-electron chi connectivity index (χ1n) is 6.86. The Morgan fingerprint density at radius 3 is 2.65 bits per heavy atom. The summed E-state index contributed by atoms with van der Waals surface area (Å²) in [6, 6.07) is 9.94. The molecule has 0 radical (unpaired) electrons. The third-order valence-corrected chi connectivity index (χ3v) is 3.41. The normalized spacial score (nSPS) is 11.8. The van der Waals surface area contributed by atoms with Crippen LogP contribution in [-0.2, 0) is 0 Å². The van der Waals surface area contributed by atoms with Crippen LogP contribution in [0.3, 0.4) is 0 Å². The molecule has 2 N–H and O–H groups in total. The highest BCUT2D eigenvalue weighted by molar-refractivity contribution is 5.94. The van der Waals surface area contributed by atoms with Crippen LogP contribution in [-0.4, -0.2) is 22.5 Å². The molecule has 1 amide bonds. The fraction of sp³-hybridized carbons (Fsp3) is 0.188. The summed E-state index contributed by atoms with van der Waals surface area (Å²) in [5.41, 5.74) is 0.791. The van der Waals surface area contributed by atoms with Crippen molar-refractivity contribution in [3.63, 3.8) is 0 Å². The maximum absolute atomic E-state index is 13.7. The number of amides is 1. The van der Waals surface area contributed by atoms with E-state index in [1.807, 2.05) is 19.1 Å². The molecule has 7 heteroatoms. The summed E-state index contributed by atoms with van der Waals surface area (Å²) in [7, 11) is 0. The van der Waals surface area contributed by atoms with E-state index in [9.17, 15) is 24.4 Å². The van der Waals surface area contributed by atoms with Gasteiger partial charge < -0.3 is 10.4 Å². The number of nitro groups is 1. The summed E-state index contributed by atoms with van der Waals surface area (Å²) in [6.45, 7) is 1.73. The number of rotatable bonds is 5. The molecule has 0 aliphatic rings. The Kier molecular flexibility index (Phi) is 5.02. The maximum atomic E-state index is 13.7. The zero-order chi connectivity index (χ0) is 17.0. The Labute approximate surface area is 131 Å². The van der Waals surface area contributed by atoms with Crippen molar-refractivity contribution in [2.75, 3.05) is 6.54 Å². The first kappa shape index (κ1) is 16.6. The molecule has 6 nitrogen and oxygen atoms in total. The highest BCUT2D eigenvalue weighted by Gasteiger charge is 2.17. The zero-order valence-corrected chi connectivity index (χ0v) is 12.3. The number of nitrogens with one attached hydrogen (secondary N) is 1. The average Bonchev–Trinajstić information content (AvgIpc) is 2.52. The fourth-order valence-electron chi connectivity index (χ4n) is 2.16. The maximum Gasteiger partial charge on any atom is 0.272 e. The number of hydrogen-bond acceptors (Lipinski definition) is 4. The van der Waals surface area contributed by atoms with Gasteiger partial charge in [-0.2, -0.15) is 0 Å². The summed E-state index contributed by atoms with van der Waals surface area (Å²) in [4.78, 5) is 21.7. The van der Waals surface area contributed by atoms with Crippen molar-refractivity contribution >= 4 is 11.6 Å². The van der Waals surface area contributed by atoms with Gasteiger partial charge in [0.1, 0.15) is 5.82 Å². The van der Waals surface area contributed by atoms with Crippen LogP contribution in [0.2, 0.25) is 0 Å².